The number of ether oxygens (including phenoxy) is 1. The molecular formula is C12H18N4O5. The standard InChI is InChI=1S/C12H18N4O5/c1-3-21-9(17)4-5-13-12(20)15-10(11(18)19)8-6-14-16(2)7-8/h6-7,10H,3-5H2,1-2H3,(H,18,19)(H2,13,15,20). The average molecular weight is 298 g/mol. The van der Waals surface area contributed by atoms with Crippen LogP contribution in [-0.4, -0.2) is 46.0 Å². The molecule has 116 valence electrons. The zero-order valence-corrected chi connectivity index (χ0v) is 11.8. The van der Waals surface area contributed by atoms with E-state index in [9.17, 15) is 14.4 Å². The van der Waals surface area contributed by atoms with Gasteiger partial charge in [0, 0.05) is 25.4 Å². The largest absolute Gasteiger partial charge is 0.479 e. The van der Waals surface area contributed by atoms with Crippen molar-refractivity contribution in [1.29, 1.82) is 0 Å². The first-order chi connectivity index (χ1) is 9.93. The molecule has 3 N–H and O–H groups in total. The minimum Gasteiger partial charge on any atom is -0.479 e. The van der Waals surface area contributed by atoms with Gasteiger partial charge >= 0.3 is 18.0 Å². The molecule has 9 nitrogen and oxygen atoms in total. The molecule has 1 rings (SSSR count). The van der Waals surface area contributed by atoms with Gasteiger partial charge in [0.1, 0.15) is 0 Å². The van der Waals surface area contributed by atoms with E-state index in [1.807, 2.05) is 0 Å². The summed E-state index contributed by atoms with van der Waals surface area (Å²) in [6, 6.07) is -1.89. The van der Waals surface area contributed by atoms with Gasteiger partial charge in [-0.05, 0) is 6.92 Å². The molecule has 1 aromatic rings. The van der Waals surface area contributed by atoms with Crippen molar-refractivity contribution in [3.63, 3.8) is 0 Å². The van der Waals surface area contributed by atoms with Crippen molar-refractivity contribution in [3.8, 4) is 0 Å². The molecular weight excluding hydrogens is 280 g/mol. The monoisotopic (exact) mass is 298 g/mol. The van der Waals surface area contributed by atoms with Crippen LogP contribution in [0.3, 0.4) is 0 Å². The molecule has 0 fully saturated rings. The van der Waals surface area contributed by atoms with Crippen LogP contribution < -0.4 is 10.6 Å². The van der Waals surface area contributed by atoms with Crippen LogP contribution in [0, 0.1) is 0 Å². The summed E-state index contributed by atoms with van der Waals surface area (Å²) < 4.78 is 6.14. The summed E-state index contributed by atoms with van der Waals surface area (Å²) in [4.78, 5) is 33.9. The normalized spacial score (nSPS) is 11.5. The van der Waals surface area contributed by atoms with Crippen molar-refractivity contribution in [3.05, 3.63) is 18.0 Å². The fourth-order valence-electron chi connectivity index (χ4n) is 1.57. The molecule has 1 heterocycles. The summed E-state index contributed by atoms with van der Waals surface area (Å²) in [5.74, 6) is -1.64. The van der Waals surface area contributed by atoms with Gasteiger partial charge < -0.3 is 20.5 Å². The molecule has 21 heavy (non-hydrogen) atoms. The highest BCUT2D eigenvalue weighted by molar-refractivity contribution is 5.83. The van der Waals surface area contributed by atoms with Crippen molar-refractivity contribution in [2.75, 3.05) is 13.2 Å². The molecule has 1 atom stereocenters. The number of carbonyl (C=O) groups excluding carboxylic acids is 2. The van der Waals surface area contributed by atoms with Crippen molar-refractivity contribution in [2.24, 2.45) is 7.05 Å². The Morgan fingerprint density at radius 1 is 1.48 bits per heavy atom. The second-order valence-electron chi connectivity index (χ2n) is 4.17. The van der Waals surface area contributed by atoms with Gasteiger partial charge in [-0.2, -0.15) is 5.10 Å². The number of carboxylic acids is 1. The molecule has 0 aliphatic carbocycles. The lowest BCUT2D eigenvalue weighted by atomic mass is 10.1. The fourth-order valence-corrected chi connectivity index (χ4v) is 1.57. The number of aromatic nitrogens is 2. The Kier molecular flexibility index (Phi) is 6.18. The van der Waals surface area contributed by atoms with Crippen LogP contribution >= 0.6 is 0 Å². The minimum absolute atomic E-state index is 0.0197. The van der Waals surface area contributed by atoms with E-state index in [1.54, 1.807) is 14.0 Å². The van der Waals surface area contributed by atoms with E-state index in [0.717, 1.165) is 0 Å². The van der Waals surface area contributed by atoms with Crippen LogP contribution in [0.4, 0.5) is 4.79 Å². The van der Waals surface area contributed by atoms with Gasteiger partial charge in [0.05, 0.1) is 19.2 Å². The lowest BCUT2D eigenvalue weighted by Crippen LogP contribution is -2.41. The summed E-state index contributed by atoms with van der Waals surface area (Å²) in [7, 11) is 1.64. The van der Waals surface area contributed by atoms with Gasteiger partial charge in [-0.25, -0.2) is 9.59 Å². The molecule has 0 radical (unpaired) electrons. The van der Waals surface area contributed by atoms with E-state index in [2.05, 4.69) is 15.7 Å². The number of aryl methyl sites for hydroxylation is 1. The highest BCUT2D eigenvalue weighted by atomic mass is 16.5. The molecule has 2 amide bonds. The number of amides is 2. The number of carboxylic acid groups (broad SMARTS) is 1. The molecule has 0 aromatic carbocycles. The molecule has 1 aromatic heterocycles. The van der Waals surface area contributed by atoms with Crippen LogP contribution in [0.1, 0.15) is 24.9 Å². The number of urea groups is 1. The maximum atomic E-state index is 11.6. The maximum Gasteiger partial charge on any atom is 0.331 e. The molecule has 1 unspecified atom stereocenters. The summed E-state index contributed by atoms with van der Waals surface area (Å²) >= 11 is 0. The molecule has 0 spiro atoms. The van der Waals surface area contributed by atoms with Crippen LogP contribution in [0.2, 0.25) is 0 Å². The first-order valence-corrected chi connectivity index (χ1v) is 6.35. The quantitative estimate of drug-likeness (QED) is 0.599. The molecule has 0 bridgehead atoms. The second-order valence-corrected chi connectivity index (χ2v) is 4.17. The molecule has 0 saturated heterocycles. The maximum absolute atomic E-state index is 11.6. The predicted molar refractivity (Wildman–Crippen MR) is 71.4 cm³/mol. The number of rotatable bonds is 7. The second kappa shape index (κ2) is 7.88. The first kappa shape index (κ1) is 16.5. The Bertz CT molecular complexity index is 514. The lowest BCUT2D eigenvalue weighted by Gasteiger charge is -2.13. The van der Waals surface area contributed by atoms with Gasteiger partial charge in [0.2, 0.25) is 0 Å². The lowest BCUT2D eigenvalue weighted by molar-refractivity contribution is -0.143. The summed E-state index contributed by atoms with van der Waals surface area (Å²) in [6.07, 6.45) is 2.88. The van der Waals surface area contributed by atoms with Crippen LogP contribution in [0.15, 0.2) is 12.4 Å². The van der Waals surface area contributed by atoms with Crippen molar-refractivity contribution >= 4 is 18.0 Å². The van der Waals surface area contributed by atoms with E-state index < -0.39 is 24.0 Å². The van der Waals surface area contributed by atoms with E-state index >= 15 is 0 Å². The Balaban J connectivity index is 2.47. The fraction of sp³-hybridized carbons (Fsp3) is 0.500. The van der Waals surface area contributed by atoms with Crippen LogP contribution in [0.25, 0.3) is 0 Å². The number of aliphatic carboxylic acids is 1. The third kappa shape index (κ3) is 5.51. The highest BCUT2D eigenvalue weighted by Gasteiger charge is 2.23. The number of nitrogens with one attached hydrogen (secondary N) is 2. The van der Waals surface area contributed by atoms with E-state index in [1.165, 1.54) is 17.1 Å². The Morgan fingerprint density at radius 3 is 2.71 bits per heavy atom. The topological polar surface area (TPSA) is 123 Å². The number of carbonyl (C=O) groups is 3. The average Bonchev–Trinajstić information content (AvgIpc) is 2.82. The predicted octanol–water partition coefficient (Wildman–Crippen LogP) is -0.202. The number of nitrogens with zero attached hydrogens (tertiary/aromatic N) is 2. The Hall–Kier alpha value is -2.58. The van der Waals surface area contributed by atoms with E-state index in [0.29, 0.717) is 5.56 Å². The zero-order chi connectivity index (χ0) is 15.8. The molecule has 0 aliphatic heterocycles. The number of hydrogen-bond acceptors (Lipinski definition) is 5. The zero-order valence-electron chi connectivity index (χ0n) is 11.8. The third-order valence-corrected chi connectivity index (χ3v) is 2.50. The van der Waals surface area contributed by atoms with Crippen molar-refractivity contribution in [2.45, 2.75) is 19.4 Å². The minimum atomic E-state index is -1.21. The van der Waals surface area contributed by atoms with Crippen molar-refractivity contribution < 1.29 is 24.2 Å². The Labute approximate surface area is 121 Å². The van der Waals surface area contributed by atoms with Crippen LogP contribution in [-0.2, 0) is 21.4 Å². The smallest absolute Gasteiger partial charge is 0.331 e. The first-order valence-electron chi connectivity index (χ1n) is 6.35. The van der Waals surface area contributed by atoms with Gasteiger partial charge in [0.15, 0.2) is 6.04 Å². The SMILES string of the molecule is CCOC(=O)CCNC(=O)NC(C(=O)O)c1cnn(C)c1. The van der Waals surface area contributed by atoms with Gasteiger partial charge in [0.25, 0.3) is 0 Å². The molecule has 0 saturated carbocycles. The van der Waals surface area contributed by atoms with Crippen molar-refractivity contribution in [1.82, 2.24) is 20.4 Å². The van der Waals surface area contributed by atoms with Gasteiger partial charge in [-0.15, -0.1) is 0 Å². The summed E-state index contributed by atoms with van der Waals surface area (Å²) in [5.41, 5.74) is 0.352. The Morgan fingerprint density at radius 2 is 2.19 bits per heavy atom. The van der Waals surface area contributed by atoms with E-state index in [-0.39, 0.29) is 19.6 Å². The number of hydrogen-bond donors (Lipinski definition) is 3. The van der Waals surface area contributed by atoms with E-state index in [4.69, 9.17) is 9.84 Å². The summed E-state index contributed by atoms with van der Waals surface area (Å²) in [5, 5.41) is 17.7. The molecule has 9 heteroatoms. The van der Waals surface area contributed by atoms with Crippen LogP contribution in [0.5, 0.6) is 0 Å². The highest BCUT2D eigenvalue weighted by Crippen LogP contribution is 2.11. The summed E-state index contributed by atoms with van der Waals surface area (Å²) in [6.45, 7) is 2.01. The third-order valence-electron chi connectivity index (χ3n) is 2.50. The molecule has 0 aliphatic rings. The number of esters is 1. The van der Waals surface area contributed by atoms with Gasteiger partial charge in [-0.3, -0.25) is 9.48 Å². The van der Waals surface area contributed by atoms with Gasteiger partial charge in [-0.1, -0.05) is 0 Å².